The lowest BCUT2D eigenvalue weighted by Gasteiger charge is -2.11. The van der Waals surface area contributed by atoms with Crippen LogP contribution in [0.4, 0.5) is 0 Å². The van der Waals surface area contributed by atoms with Crippen molar-refractivity contribution in [3.05, 3.63) is 107 Å². The lowest BCUT2D eigenvalue weighted by atomic mass is 9.97. The van der Waals surface area contributed by atoms with E-state index in [0.29, 0.717) is 0 Å². The molecule has 0 bridgehead atoms. The number of hydrogen-bond donors (Lipinski definition) is 0. The van der Waals surface area contributed by atoms with Gasteiger partial charge in [-0.1, -0.05) is 72.8 Å². The highest BCUT2D eigenvalue weighted by molar-refractivity contribution is 14.1. The SMILES string of the molecule is Ic1cc(-c2ccccc2-c2ccccc2)nc(-c2ccc3sc4ccccc4c3c2)n1. The van der Waals surface area contributed by atoms with Gasteiger partial charge in [0.05, 0.1) is 5.69 Å². The summed E-state index contributed by atoms with van der Waals surface area (Å²) in [5.74, 6) is 0.756. The molecule has 0 amide bonds. The molecule has 0 spiro atoms. The minimum absolute atomic E-state index is 0.756. The zero-order valence-corrected chi connectivity index (χ0v) is 20.0. The van der Waals surface area contributed by atoms with Crippen LogP contribution >= 0.6 is 33.9 Å². The van der Waals surface area contributed by atoms with Crippen LogP contribution in [0.5, 0.6) is 0 Å². The fourth-order valence-electron chi connectivity index (χ4n) is 4.13. The van der Waals surface area contributed by atoms with Crippen LogP contribution in [0.3, 0.4) is 0 Å². The molecule has 0 unspecified atom stereocenters. The third-order valence-electron chi connectivity index (χ3n) is 5.62. The Hall–Kier alpha value is -3.09. The molecule has 6 rings (SSSR count). The highest BCUT2D eigenvalue weighted by atomic mass is 127. The van der Waals surface area contributed by atoms with Gasteiger partial charge in [0.2, 0.25) is 0 Å². The van der Waals surface area contributed by atoms with Crippen LogP contribution in [0.2, 0.25) is 0 Å². The van der Waals surface area contributed by atoms with Crippen molar-refractivity contribution in [1.82, 2.24) is 9.97 Å². The lowest BCUT2D eigenvalue weighted by molar-refractivity contribution is 1.15. The Bertz CT molecular complexity index is 1590. The number of rotatable bonds is 3. The van der Waals surface area contributed by atoms with Crippen LogP contribution in [-0.2, 0) is 0 Å². The molecule has 152 valence electrons. The summed E-state index contributed by atoms with van der Waals surface area (Å²) in [6, 6.07) is 36.1. The zero-order chi connectivity index (χ0) is 21.5. The van der Waals surface area contributed by atoms with E-state index < -0.39 is 0 Å². The van der Waals surface area contributed by atoms with E-state index in [2.05, 4.69) is 120 Å². The Kier molecular flexibility index (Phi) is 4.97. The van der Waals surface area contributed by atoms with Crippen molar-refractivity contribution >= 4 is 54.1 Å². The van der Waals surface area contributed by atoms with Gasteiger partial charge in [0, 0.05) is 31.3 Å². The van der Waals surface area contributed by atoms with Gasteiger partial charge in [0.25, 0.3) is 0 Å². The summed E-state index contributed by atoms with van der Waals surface area (Å²) >= 11 is 4.12. The van der Waals surface area contributed by atoms with Gasteiger partial charge in [0.1, 0.15) is 3.70 Å². The first-order chi connectivity index (χ1) is 15.8. The molecule has 0 aliphatic carbocycles. The van der Waals surface area contributed by atoms with E-state index in [1.165, 1.54) is 31.3 Å². The van der Waals surface area contributed by atoms with Crippen molar-refractivity contribution in [1.29, 1.82) is 0 Å². The quantitative estimate of drug-likeness (QED) is 0.166. The third kappa shape index (κ3) is 3.49. The van der Waals surface area contributed by atoms with Crippen LogP contribution in [0, 0.1) is 3.70 Å². The molecule has 2 aromatic heterocycles. The fourth-order valence-corrected chi connectivity index (χ4v) is 5.74. The molecule has 6 aromatic rings. The topological polar surface area (TPSA) is 25.8 Å². The molecule has 0 saturated heterocycles. The molecule has 4 heteroatoms. The van der Waals surface area contributed by atoms with Crippen molar-refractivity contribution in [2.75, 3.05) is 0 Å². The summed E-state index contributed by atoms with van der Waals surface area (Å²) in [5, 5.41) is 2.55. The maximum Gasteiger partial charge on any atom is 0.160 e. The number of benzene rings is 4. The zero-order valence-electron chi connectivity index (χ0n) is 17.0. The van der Waals surface area contributed by atoms with Crippen LogP contribution < -0.4 is 0 Å². The summed E-state index contributed by atoms with van der Waals surface area (Å²) < 4.78 is 3.52. The summed E-state index contributed by atoms with van der Waals surface area (Å²) in [6.07, 6.45) is 0. The molecule has 0 radical (unpaired) electrons. The molecule has 0 saturated carbocycles. The number of hydrogen-bond acceptors (Lipinski definition) is 3. The van der Waals surface area contributed by atoms with Crippen molar-refractivity contribution in [2.24, 2.45) is 0 Å². The predicted molar refractivity (Wildman–Crippen MR) is 144 cm³/mol. The smallest absolute Gasteiger partial charge is 0.160 e. The van der Waals surface area contributed by atoms with Gasteiger partial charge in [-0.15, -0.1) is 11.3 Å². The average molecular weight is 540 g/mol. The Labute approximate surface area is 203 Å². The minimum Gasteiger partial charge on any atom is -0.228 e. The molecular weight excluding hydrogens is 523 g/mol. The van der Waals surface area contributed by atoms with E-state index in [9.17, 15) is 0 Å². The highest BCUT2D eigenvalue weighted by Crippen LogP contribution is 2.37. The highest BCUT2D eigenvalue weighted by Gasteiger charge is 2.13. The molecule has 4 aromatic carbocycles. The lowest BCUT2D eigenvalue weighted by Crippen LogP contribution is -1.96. The van der Waals surface area contributed by atoms with E-state index in [4.69, 9.17) is 9.97 Å². The second kappa shape index (κ2) is 8.11. The molecular formula is C28H17IN2S. The summed E-state index contributed by atoms with van der Waals surface area (Å²) in [7, 11) is 0. The van der Waals surface area contributed by atoms with Crippen LogP contribution in [0.1, 0.15) is 0 Å². The normalized spacial score (nSPS) is 11.3. The Morgan fingerprint density at radius 3 is 2.16 bits per heavy atom. The Balaban J connectivity index is 1.52. The number of halogens is 1. The molecule has 0 N–H and O–H groups in total. The van der Waals surface area contributed by atoms with Gasteiger partial charge < -0.3 is 0 Å². The maximum absolute atomic E-state index is 5.02. The van der Waals surface area contributed by atoms with Gasteiger partial charge in [0.15, 0.2) is 5.82 Å². The first-order valence-electron chi connectivity index (χ1n) is 10.4. The van der Waals surface area contributed by atoms with Crippen molar-refractivity contribution in [3.8, 4) is 33.8 Å². The Morgan fingerprint density at radius 2 is 1.28 bits per heavy atom. The number of aromatic nitrogens is 2. The summed E-state index contributed by atoms with van der Waals surface area (Å²) in [4.78, 5) is 9.80. The fraction of sp³-hybridized carbons (Fsp3) is 0. The van der Waals surface area contributed by atoms with Crippen molar-refractivity contribution < 1.29 is 0 Å². The second-order valence-corrected chi connectivity index (χ2v) is 9.81. The van der Waals surface area contributed by atoms with Crippen LogP contribution in [0.15, 0.2) is 103 Å². The molecule has 2 nitrogen and oxygen atoms in total. The molecule has 2 heterocycles. The van der Waals surface area contributed by atoms with Crippen molar-refractivity contribution in [3.63, 3.8) is 0 Å². The van der Waals surface area contributed by atoms with E-state index in [-0.39, 0.29) is 0 Å². The third-order valence-corrected chi connectivity index (χ3v) is 7.32. The molecule has 0 atom stereocenters. The number of nitrogens with zero attached hydrogens (tertiary/aromatic N) is 2. The maximum atomic E-state index is 5.02. The first-order valence-corrected chi connectivity index (χ1v) is 12.3. The monoisotopic (exact) mass is 540 g/mol. The largest absolute Gasteiger partial charge is 0.228 e. The van der Waals surface area contributed by atoms with Gasteiger partial charge in [-0.3, -0.25) is 0 Å². The summed E-state index contributed by atoms with van der Waals surface area (Å²) in [5.41, 5.74) is 5.45. The molecule has 32 heavy (non-hydrogen) atoms. The van der Waals surface area contributed by atoms with Gasteiger partial charge in [-0.2, -0.15) is 0 Å². The van der Waals surface area contributed by atoms with Gasteiger partial charge in [-0.25, -0.2) is 9.97 Å². The predicted octanol–water partition coefficient (Wildman–Crippen LogP) is 8.45. The van der Waals surface area contributed by atoms with Crippen LogP contribution in [0.25, 0.3) is 53.9 Å². The van der Waals surface area contributed by atoms with Gasteiger partial charge >= 0.3 is 0 Å². The van der Waals surface area contributed by atoms with Crippen LogP contribution in [-0.4, -0.2) is 9.97 Å². The van der Waals surface area contributed by atoms with Crippen molar-refractivity contribution in [2.45, 2.75) is 0 Å². The molecule has 0 aliphatic rings. The number of thiophene rings is 1. The second-order valence-electron chi connectivity index (χ2n) is 7.62. The van der Waals surface area contributed by atoms with E-state index in [1.807, 2.05) is 17.4 Å². The van der Waals surface area contributed by atoms with E-state index in [0.717, 1.165) is 26.3 Å². The average Bonchev–Trinajstić information content (AvgIpc) is 3.22. The number of fused-ring (bicyclic) bond motifs is 3. The van der Waals surface area contributed by atoms with Gasteiger partial charge in [-0.05, 0) is 64.0 Å². The summed E-state index contributed by atoms with van der Waals surface area (Å²) in [6.45, 7) is 0. The minimum atomic E-state index is 0.756. The molecule has 0 aliphatic heterocycles. The van der Waals surface area contributed by atoms with E-state index in [1.54, 1.807) is 0 Å². The Morgan fingerprint density at radius 1 is 0.562 bits per heavy atom. The first kappa shape index (κ1) is 19.6. The standard InChI is InChI=1S/C28H17IN2S/c29-27-17-24(21-11-5-4-10-20(21)18-8-2-1-3-9-18)30-28(31-27)19-14-15-26-23(16-19)22-12-6-7-13-25(22)32-26/h1-17H. The molecule has 0 fully saturated rings. The van der Waals surface area contributed by atoms with E-state index >= 15 is 0 Å².